The Bertz CT molecular complexity index is 256. The van der Waals surface area contributed by atoms with Gasteiger partial charge in [0.1, 0.15) is 0 Å². The van der Waals surface area contributed by atoms with Crippen LogP contribution in [0.4, 0.5) is 0 Å². The molecule has 0 aromatic heterocycles. The fourth-order valence-electron chi connectivity index (χ4n) is 1.72. The third-order valence-electron chi connectivity index (χ3n) is 2.44. The SMILES string of the molecule is C[C@H]1CN[C@@H](S)c2ccccc21. The summed E-state index contributed by atoms with van der Waals surface area (Å²) in [6.07, 6.45) is 0. The van der Waals surface area contributed by atoms with Gasteiger partial charge in [0.2, 0.25) is 0 Å². The standard InChI is InChI=1S/C10H13NS/c1-7-6-11-10(12)9-5-3-2-4-8(7)9/h2-5,7,10-12H,6H2,1H3/t7-,10-/m0/s1. The predicted octanol–water partition coefficient (Wildman–Crippen LogP) is 2.32. The molecule has 1 aromatic rings. The van der Waals surface area contributed by atoms with Gasteiger partial charge in [-0.3, -0.25) is 0 Å². The van der Waals surface area contributed by atoms with Crippen molar-refractivity contribution in [1.82, 2.24) is 5.32 Å². The molecule has 0 unspecified atom stereocenters. The van der Waals surface area contributed by atoms with E-state index in [1.54, 1.807) is 0 Å². The Morgan fingerprint density at radius 1 is 1.33 bits per heavy atom. The molecule has 1 aliphatic rings. The van der Waals surface area contributed by atoms with Gasteiger partial charge in [-0.1, -0.05) is 31.2 Å². The maximum atomic E-state index is 4.47. The first kappa shape index (κ1) is 8.14. The van der Waals surface area contributed by atoms with Crippen molar-refractivity contribution in [2.45, 2.75) is 18.2 Å². The zero-order valence-corrected chi connectivity index (χ0v) is 8.01. The lowest BCUT2D eigenvalue weighted by Crippen LogP contribution is -2.28. The Hall–Kier alpha value is -0.470. The second-order valence-corrected chi connectivity index (χ2v) is 3.86. The molecular formula is C10H13NS. The van der Waals surface area contributed by atoms with Gasteiger partial charge in [0, 0.05) is 6.54 Å². The number of fused-ring (bicyclic) bond motifs is 1. The van der Waals surface area contributed by atoms with Crippen LogP contribution in [0, 0.1) is 0 Å². The molecule has 2 heteroatoms. The summed E-state index contributed by atoms with van der Waals surface area (Å²) in [5.74, 6) is 0.615. The van der Waals surface area contributed by atoms with Crippen LogP contribution in [-0.4, -0.2) is 6.54 Å². The molecule has 0 amide bonds. The van der Waals surface area contributed by atoms with Crippen molar-refractivity contribution in [3.05, 3.63) is 35.4 Å². The number of nitrogens with one attached hydrogen (secondary N) is 1. The van der Waals surface area contributed by atoms with E-state index in [9.17, 15) is 0 Å². The van der Waals surface area contributed by atoms with Gasteiger partial charge in [0.15, 0.2) is 0 Å². The molecule has 0 saturated heterocycles. The van der Waals surface area contributed by atoms with Gasteiger partial charge in [-0.05, 0) is 17.0 Å². The lowest BCUT2D eigenvalue weighted by atomic mass is 9.92. The normalized spacial score (nSPS) is 28.2. The first-order valence-electron chi connectivity index (χ1n) is 4.29. The molecule has 0 radical (unpaired) electrons. The number of benzene rings is 1. The van der Waals surface area contributed by atoms with Gasteiger partial charge in [-0.2, -0.15) is 12.6 Å². The van der Waals surface area contributed by atoms with E-state index in [2.05, 4.69) is 49.1 Å². The number of thiol groups is 1. The van der Waals surface area contributed by atoms with Crippen LogP contribution in [0.3, 0.4) is 0 Å². The van der Waals surface area contributed by atoms with Crippen LogP contribution in [0.2, 0.25) is 0 Å². The second-order valence-electron chi connectivity index (χ2n) is 3.34. The van der Waals surface area contributed by atoms with Crippen molar-refractivity contribution < 1.29 is 0 Å². The highest BCUT2D eigenvalue weighted by Gasteiger charge is 2.20. The molecule has 1 aromatic carbocycles. The monoisotopic (exact) mass is 179 g/mol. The average Bonchev–Trinajstić information content (AvgIpc) is 2.12. The van der Waals surface area contributed by atoms with Gasteiger partial charge in [0.05, 0.1) is 5.37 Å². The molecule has 0 aliphatic carbocycles. The molecule has 0 fully saturated rings. The van der Waals surface area contributed by atoms with Crippen molar-refractivity contribution in [3.63, 3.8) is 0 Å². The van der Waals surface area contributed by atoms with E-state index in [1.807, 2.05) is 0 Å². The Balaban J connectivity index is 2.47. The maximum Gasteiger partial charge on any atom is 0.0762 e. The molecule has 12 heavy (non-hydrogen) atoms. The lowest BCUT2D eigenvalue weighted by molar-refractivity contribution is 0.564. The average molecular weight is 179 g/mol. The quantitative estimate of drug-likeness (QED) is 0.582. The Kier molecular flexibility index (Phi) is 2.11. The predicted molar refractivity (Wildman–Crippen MR) is 54.6 cm³/mol. The highest BCUT2D eigenvalue weighted by molar-refractivity contribution is 7.80. The molecule has 1 nitrogen and oxygen atoms in total. The molecule has 64 valence electrons. The van der Waals surface area contributed by atoms with Crippen LogP contribution in [-0.2, 0) is 0 Å². The summed E-state index contributed by atoms with van der Waals surface area (Å²) >= 11 is 4.47. The zero-order valence-electron chi connectivity index (χ0n) is 7.12. The topological polar surface area (TPSA) is 12.0 Å². The summed E-state index contributed by atoms with van der Waals surface area (Å²) in [6, 6.07) is 8.52. The number of hydrogen-bond acceptors (Lipinski definition) is 2. The molecule has 1 heterocycles. The van der Waals surface area contributed by atoms with Crippen molar-refractivity contribution in [1.29, 1.82) is 0 Å². The summed E-state index contributed by atoms with van der Waals surface area (Å²) < 4.78 is 0. The minimum absolute atomic E-state index is 0.220. The minimum Gasteiger partial charge on any atom is -0.301 e. The highest BCUT2D eigenvalue weighted by Crippen LogP contribution is 2.30. The summed E-state index contributed by atoms with van der Waals surface area (Å²) in [5.41, 5.74) is 2.77. The van der Waals surface area contributed by atoms with E-state index in [0.29, 0.717) is 5.92 Å². The van der Waals surface area contributed by atoms with E-state index in [-0.39, 0.29) is 5.37 Å². The van der Waals surface area contributed by atoms with Crippen LogP contribution >= 0.6 is 12.6 Å². The summed E-state index contributed by atoms with van der Waals surface area (Å²) in [7, 11) is 0. The van der Waals surface area contributed by atoms with Gasteiger partial charge >= 0.3 is 0 Å². The third kappa shape index (κ3) is 1.25. The highest BCUT2D eigenvalue weighted by atomic mass is 32.1. The number of rotatable bonds is 0. The van der Waals surface area contributed by atoms with Gasteiger partial charge < -0.3 is 5.32 Å². The van der Waals surface area contributed by atoms with Crippen molar-refractivity contribution in [3.8, 4) is 0 Å². The summed E-state index contributed by atoms with van der Waals surface area (Å²) in [6.45, 7) is 3.27. The van der Waals surface area contributed by atoms with E-state index >= 15 is 0 Å². The molecule has 2 atom stereocenters. The largest absolute Gasteiger partial charge is 0.301 e. The van der Waals surface area contributed by atoms with Crippen LogP contribution in [0.25, 0.3) is 0 Å². The Labute approximate surface area is 78.6 Å². The van der Waals surface area contributed by atoms with Gasteiger partial charge in [0.25, 0.3) is 0 Å². The number of hydrogen-bond donors (Lipinski definition) is 2. The fourth-order valence-corrected chi connectivity index (χ4v) is 2.06. The minimum atomic E-state index is 0.220. The van der Waals surface area contributed by atoms with Gasteiger partial charge in [-0.25, -0.2) is 0 Å². The summed E-state index contributed by atoms with van der Waals surface area (Å²) in [4.78, 5) is 0. The van der Waals surface area contributed by atoms with E-state index in [1.165, 1.54) is 11.1 Å². The van der Waals surface area contributed by atoms with Crippen molar-refractivity contribution in [2.75, 3.05) is 6.54 Å². The third-order valence-corrected chi connectivity index (χ3v) is 2.90. The van der Waals surface area contributed by atoms with Crippen LogP contribution < -0.4 is 5.32 Å². The van der Waals surface area contributed by atoms with Crippen molar-refractivity contribution >= 4 is 12.6 Å². The van der Waals surface area contributed by atoms with Crippen molar-refractivity contribution in [2.24, 2.45) is 0 Å². The molecule has 1 N–H and O–H groups in total. The maximum absolute atomic E-state index is 4.47. The van der Waals surface area contributed by atoms with E-state index < -0.39 is 0 Å². The Morgan fingerprint density at radius 3 is 2.67 bits per heavy atom. The van der Waals surface area contributed by atoms with Crippen LogP contribution in [0.15, 0.2) is 24.3 Å². The van der Waals surface area contributed by atoms with E-state index in [0.717, 1.165) is 6.54 Å². The first-order chi connectivity index (χ1) is 5.79. The smallest absolute Gasteiger partial charge is 0.0762 e. The molecular weight excluding hydrogens is 166 g/mol. The molecule has 0 saturated carbocycles. The molecule has 0 spiro atoms. The molecule has 2 rings (SSSR count). The first-order valence-corrected chi connectivity index (χ1v) is 4.81. The fraction of sp³-hybridized carbons (Fsp3) is 0.400. The lowest BCUT2D eigenvalue weighted by Gasteiger charge is -2.27. The molecule has 0 bridgehead atoms. The zero-order chi connectivity index (χ0) is 8.55. The van der Waals surface area contributed by atoms with E-state index in [4.69, 9.17) is 0 Å². The van der Waals surface area contributed by atoms with Crippen LogP contribution in [0.5, 0.6) is 0 Å². The second kappa shape index (κ2) is 3.11. The van der Waals surface area contributed by atoms with Gasteiger partial charge in [-0.15, -0.1) is 0 Å². The molecule has 1 aliphatic heterocycles. The Morgan fingerprint density at radius 2 is 2.00 bits per heavy atom. The van der Waals surface area contributed by atoms with Crippen LogP contribution in [0.1, 0.15) is 29.3 Å². The summed E-state index contributed by atoms with van der Waals surface area (Å²) in [5, 5.41) is 3.57.